The number of hydrogen-bond acceptors (Lipinski definition) is 2. The predicted molar refractivity (Wildman–Crippen MR) is 96.3 cm³/mol. The van der Waals surface area contributed by atoms with Gasteiger partial charge in [0.15, 0.2) is 11.8 Å². The lowest BCUT2D eigenvalue weighted by Crippen LogP contribution is -3.12. The molecule has 2 aromatic carbocycles. The first kappa shape index (κ1) is 17.9. The van der Waals surface area contributed by atoms with Gasteiger partial charge in [-0.2, -0.15) is 0 Å². The standard InChI is InChI=1S/C20H24N2O2/c1-14-8-10-17(11-9-14)13-22(4)15(2)20(24)21-19-7-5-6-18(12-19)16(3)23/h5-12,15H,13H2,1-4H3,(H,21,24)/p+1/t15-/m1/s1. The van der Waals surface area contributed by atoms with Crippen LogP contribution in [0.2, 0.25) is 0 Å². The number of rotatable bonds is 6. The Morgan fingerprint density at radius 2 is 1.79 bits per heavy atom. The number of benzene rings is 2. The Labute approximate surface area is 143 Å². The first-order valence-corrected chi connectivity index (χ1v) is 8.16. The molecule has 0 aliphatic rings. The molecule has 0 heterocycles. The third-order valence-corrected chi connectivity index (χ3v) is 4.27. The van der Waals surface area contributed by atoms with Crippen LogP contribution in [0.3, 0.4) is 0 Å². The zero-order valence-electron chi connectivity index (χ0n) is 14.7. The van der Waals surface area contributed by atoms with Gasteiger partial charge in [-0.15, -0.1) is 0 Å². The van der Waals surface area contributed by atoms with Gasteiger partial charge in [0.1, 0.15) is 6.54 Å². The highest BCUT2D eigenvalue weighted by Gasteiger charge is 2.22. The van der Waals surface area contributed by atoms with E-state index < -0.39 is 0 Å². The predicted octanol–water partition coefficient (Wildman–Crippen LogP) is 2.24. The summed E-state index contributed by atoms with van der Waals surface area (Å²) < 4.78 is 0. The second-order valence-electron chi connectivity index (χ2n) is 6.36. The van der Waals surface area contributed by atoms with E-state index in [4.69, 9.17) is 0 Å². The van der Waals surface area contributed by atoms with Gasteiger partial charge in [0.05, 0.1) is 7.05 Å². The highest BCUT2D eigenvalue weighted by molar-refractivity contribution is 5.97. The zero-order chi connectivity index (χ0) is 17.7. The number of hydrogen-bond donors (Lipinski definition) is 2. The quantitative estimate of drug-likeness (QED) is 0.800. The number of quaternary nitrogens is 1. The van der Waals surface area contributed by atoms with Crippen LogP contribution in [0, 0.1) is 6.92 Å². The fourth-order valence-corrected chi connectivity index (χ4v) is 2.47. The van der Waals surface area contributed by atoms with Crippen LogP contribution in [0.25, 0.3) is 0 Å². The molecule has 1 amide bonds. The largest absolute Gasteiger partial charge is 0.324 e. The molecular weight excluding hydrogens is 300 g/mol. The van der Waals surface area contributed by atoms with Crippen molar-refractivity contribution in [1.82, 2.24) is 0 Å². The van der Waals surface area contributed by atoms with Crippen molar-refractivity contribution in [2.24, 2.45) is 0 Å². The van der Waals surface area contributed by atoms with E-state index >= 15 is 0 Å². The van der Waals surface area contributed by atoms with Crippen molar-refractivity contribution in [3.8, 4) is 0 Å². The fraction of sp³-hybridized carbons (Fsp3) is 0.300. The minimum atomic E-state index is -0.202. The average Bonchev–Trinajstić information content (AvgIpc) is 2.56. The topological polar surface area (TPSA) is 50.6 Å². The molecule has 0 fully saturated rings. The summed E-state index contributed by atoms with van der Waals surface area (Å²) >= 11 is 0. The van der Waals surface area contributed by atoms with Gasteiger partial charge in [0.25, 0.3) is 5.91 Å². The van der Waals surface area contributed by atoms with Gasteiger partial charge < -0.3 is 10.2 Å². The molecule has 0 aliphatic heterocycles. The molecule has 24 heavy (non-hydrogen) atoms. The Kier molecular flexibility index (Phi) is 5.88. The number of aryl methyl sites for hydroxylation is 1. The highest BCUT2D eigenvalue weighted by atomic mass is 16.2. The molecule has 0 bridgehead atoms. The molecule has 4 heteroatoms. The summed E-state index contributed by atoms with van der Waals surface area (Å²) in [5.41, 5.74) is 3.69. The van der Waals surface area contributed by atoms with Gasteiger partial charge in [0, 0.05) is 16.8 Å². The zero-order valence-corrected chi connectivity index (χ0v) is 14.7. The molecule has 126 valence electrons. The van der Waals surface area contributed by atoms with Crippen molar-refractivity contribution in [3.05, 3.63) is 65.2 Å². The number of anilines is 1. The van der Waals surface area contributed by atoms with E-state index in [1.807, 2.05) is 14.0 Å². The van der Waals surface area contributed by atoms with Crippen molar-refractivity contribution >= 4 is 17.4 Å². The summed E-state index contributed by atoms with van der Waals surface area (Å²) in [7, 11) is 2.01. The van der Waals surface area contributed by atoms with Gasteiger partial charge in [-0.3, -0.25) is 9.59 Å². The lowest BCUT2D eigenvalue weighted by molar-refractivity contribution is -0.907. The van der Waals surface area contributed by atoms with Crippen LogP contribution < -0.4 is 10.2 Å². The second kappa shape index (κ2) is 7.88. The fourth-order valence-electron chi connectivity index (χ4n) is 2.47. The number of carbonyl (C=O) groups is 2. The maximum atomic E-state index is 12.5. The molecular formula is C20H25N2O2+. The summed E-state index contributed by atoms with van der Waals surface area (Å²) in [6.45, 7) is 6.27. The van der Waals surface area contributed by atoms with Crippen LogP contribution >= 0.6 is 0 Å². The monoisotopic (exact) mass is 325 g/mol. The van der Waals surface area contributed by atoms with E-state index in [0.29, 0.717) is 11.3 Å². The molecule has 2 atom stereocenters. The number of ketones is 1. The van der Waals surface area contributed by atoms with Crippen LogP contribution in [0.4, 0.5) is 5.69 Å². The maximum absolute atomic E-state index is 12.5. The number of likely N-dealkylation sites (N-methyl/N-ethyl adjacent to an activating group) is 1. The first-order chi connectivity index (χ1) is 11.4. The van der Waals surface area contributed by atoms with Crippen LogP contribution in [-0.4, -0.2) is 24.8 Å². The SMILES string of the molecule is CC(=O)c1cccc(NC(=O)[C@@H](C)[NH+](C)Cc2ccc(C)cc2)c1. The van der Waals surface area contributed by atoms with Crippen molar-refractivity contribution in [2.75, 3.05) is 12.4 Å². The molecule has 0 saturated carbocycles. The van der Waals surface area contributed by atoms with E-state index in [1.165, 1.54) is 18.1 Å². The van der Waals surface area contributed by atoms with Gasteiger partial charge in [-0.05, 0) is 32.9 Å². The second-order valence-corrected chi connectivity index (χ2v) is 6.36. The Balaban J connectivity index is 1.99. The molecule has 1 unspecified atom stereocenters. The van der Waals surface area contributed by atoms with Gasteiger partial charge in [-0.1, -0.05) is 42.0 Å². The Bertz CT molecular complexity index is 723. The average molecular weight is 325 g/mol. The van der Waals surface area contributed by atoms with Gasteiger partial charge >= 0.3 is 0 Å². The normalized spacial score (nSPS) is 13.2. The smallest absolute Gasteiger partial charge is 0.282 e. The minimum absolute atomic E-state index is 0.0127. The lowest BCUT2D eigenvalue weighted by Gasteiger charge is -2.21. The Morgan fingerprint density at radius 1 is 1.12 bits per heavy atom. The van der Waals surface area contributed by atoms with E-state index in [-0.39, 0.29) is 17.7 Å². The van der Waals surface area contributed by atoms with E-state index in [2.05, 4.69) is 36.5 Å². The Morgan fingerprint density at radius 3 is 2.42 bits per heavy atom. The summed E-state index contributed by atoms with van der Waals surface area (Å²) in [6, 6.07) is 15.2. The summed E-state index contributed by atoms with van der Waals surface area (Å²) in [4.78, 5) is 25.0. The summed E-state index contributed by atoms with van der Waals surface area (Å²) in [6.07, 6.45) is 0. The maximum Gasteiger partial charge on any atom is 0.282 e. The molecule has 2 rings (SSSR count). The van der Waals surface area contributed by atoms with Crippen LogP contribution in [-0.2, 0) is 11.3 Å². The third-order valence-electron chi connectivity index (χ3n) is 4.27. The molecule has 0 radical (unpaired) electrons. The number of Topliss-reactive ketones (excluding diaryl/α,β-unsaturated/α-hetero) is 1. The van der Waals surface area contributed by atoms with Crippen molar-refractivity contribution < 1.29 is 14.5 Å². The van der Waals surface area contributed by atoms with E-state index in [9.17, 15) is 9.59 Å². The van der Waals surface area contributed by atoms with E-state index in [0.717, 1.165) is 11.4 Å². The van der Waals surface area contributed by atoms with Crippen molar-refractivity contribution in [3.63, 3.8) is 0 Å². The molecule has 2 N–H and O–H groups in total. The summed E-state index contributed by atoms with van der Waals surface area (Å²) in [5, 5.41) is 2.90. The van der Waals surface area contributed by atoms with Crippen LogP contribution in [0.5, 0.6) is 0 Å². The van der Waals surface area contributed by atoms with Crippen molar-refractivity contribution in [1.29, 1.82) is 0 Å². The van der Waals surface area contributed by atoms with Crippen LogP contribution in [0.15, 0.2) is 48.5 Å². The summed E-state index contributed by atoms with van der Waals surface area (Å²) in [5.74, 6) is -0.0680. The van der Waals surface area contributed by atoms with Crippen LogP contribution in [0.1, 0.15) is 35.3 Å². The molecule has 4 nitrogen and oxygen atoms in total. The molecule has 0 spiro atoms. The molecule has 0 saturated heterocycles. The minimum Gasteiger partial charge on any atom is -0.324 e. The Hall–Kier alpha value is -2.46. The first-order valence-electron chi connectivity index (χ1n) is 8.16. The highest BCUT2D eigenvalue weighted by Crippen LogP contribution is 2.11. The van der Waals surface area contributed by atoms with Gasteiger partial charge in [0.2, 0.25) is 0 Å². The molecule has 0 aliphatic carbocycles. The molecule has 2 aromatic rings. The number of carbonyl (C=O) groups excluding carboxylic acids is 2. The van der Waals surface area contributed by atoms with Crippen molar-refractivity contribution in [2.45, 2.75) is 33.4 Å². The van der Waals surface area contributed by atoms with E-state index in [1.54, 1.807) is 24.3 Å². The number of amides is 1. The number of nitrogens with one attached hydrogen (secondary N) is 2. The van der Waals surface area contributed by atoms with Gasteiger partial charge in [-0.25, -0.2) is 0 Å². The lowest BCUT2D eigenvalue weighted by atomic mass is 10.1. The molecule has 0 aromatic heterocycles. The third kappa shape index (κ3) is 4.77.